The fourth-order valence-electron chi connectivity index (χ4n) is 3.08. The molecular formula is C21H16F3N3O5. The monoisotopic (exact) mass is 447 g/mol. The molecule has 4 rings (SSSR count). The Labute approximate surface area is 179 Å². The number of halogens is 3. The Morgan fingerprint density at radius 3 is 2.66 bits per heavy atom. The summed E-state index contributed by atoms with van der Waals surface area (Å²) in [6.07, 6.45) is -3.40. The third-order valence-electron chi connectivity index (χ3n) is 4.66. The lowest BCUT2D eigenvalue weighted by atomic mass is 10.1. The number of nitrogens with one attached hydrogen (secondary N) is 1. The molecule has 3 aromatic rings. The number of fused-ring (bicyclic) bond motifs is 1. The second-order valence-corrected chi connectivity index (χ2v) is 6.77. The van der Waals surface area contributed by atoms with Crippen molar-refractivity contribution in [3.63, 3.8) is 0 Å². The minimum absolute atomic E-state index is 0.0509. The van der Waals surface area contributed by atoms with Crippen molar-refractivity contribution >= 4 is 11.6 Å². The normalized spacial score (nSPS) is 12.5. The lowest BCUT2D eigenvalue weighted by Gasteiger charge is -2.14. The number of alkyl halides is 3. The molecule has 0 spiro atoms. The first-order chi connectivity index (χ1) is 15.2. The van der Waals surface area contributed by atoms with Gasteiger partial charge in [0.15, 0.2) is 11.5 Å². The summed E-state index contributed by atoms with van der Waals surface area (Å²) in [6.45, 7) is -0.341. The molecule has 0 saturated carbocycles. The molecule has 2 aromatic carbocycles. The lowest BCUT2D eigenvalue weighted by Crippen LogP contribution is -2.27. The summed E-state index contributed by atoms with van der Waals surface area (Å²) in [5, 5.41) is 2.34. The molecule has 8 nitrogen and oxygen atoms in total. The number of carbonyl (C=O) groups is 1. The summed E-state index contributed by atoms with van der Waals surface area (Å²) in [4.78, 5) is 29.0. The maximum absolute atomic E-state index is 13.0. The van der Waals surface area contributed by atoms with E-state index in [9.17, 15) is 22.8 Å². The van der Waals surface area contributed by atoms with E-state index in [1.54, 1.807) is 18.2 Å². The Kier molecular flexibility index (Phi) is 5.47. The number of amides is 1. The van der Waals surface area contributed by atoms with Gasteiger partial charge in [0.1, 0.15) is 12.3 Å². The van der Waals surface area contributed by atoms with Gasteiger partial charge >= 0.3 is 6.18 Å². The largest absolute Gasteiger partial charge is 0.495 e. The van der Waals surface area contributed by atoms with Crippen LogP contribution in [0.5, 0.6) is 17.2 Å². The van der Waals surface area contributed by atoms with E-state index in [1.807, 2.05) is 0 Å². The maximum atomic E-state index is 13.0. The van der Waals surface area contributed by atoms with Gasteiger partial charge in [-0.2, -0.15) is 13.2 Å². The van der Waals surface area contributed by atoms with Gasteiger partial charge in [0.25, 0.3) is 5.56 Å². The van der Waals surface area contributed by atoms with Crippen molar-refractivity contribution in [2.75, 3.05) is 19.2 Å². The fraction of sp³-hybridized carbons (Fsp3) is 0.190. The average Bonchev–Trinajstić information content (AvgIpc) is 3.22. The SMILES string of the molecule is COc1ccc(C(F)(F)F)cc1NC(=O)Cn1cnc(-c2ccc3c(c2)OCO3)cc1=O. The van der Waals surface area contributed by atoms with Gasteiger partial charge in [-0.15, -0.1) is 0 Å². The molecule has 1 amide bonds. The van der Waals surface area contributed by atoms with Crippen molar-refractivity contribution in [2.45, 2.75) is 12.7 Å². The number of rotatable bonds is 5. The van der Waals surface area contributed by atoms with Crippen LogP contribution in [-0.2, 0) is 17.5 Å². The smallest absolute Gasteiger partial charge is 0.416 e. The first kappa shape index (κ1) is 21.2. The lowest BCUT2D eigenvalue weighted by molar-refractivity contribution is -0.137. The van der Waals surface area contributed by atoms with Gasteiger partial charge in [-0.1, -0.05) is 0 Å². The molecule has 0 radical (unpaired) electrons. The number of hydrogen-bond donors (Lipinski definition) is 1. The highest BCUT2D eigenvalue weighted by molar-refractivity contribution is 5.92. The fourth-order valence-corrected chi connectivity index (χ4v) is 3.08. The van der Waals surface area contributed by atoms with Crippen LogP contribution in [0.25, 0.3) is 11.3 Å². The molecule has 0 aliphatic carbocycles. The molecule has 1 N–H and O–H groups in total. The minimum atomic E-state index is -4.59. The predicted octanol–water partition coefficient (Wildman–Crippen LogP) is 3.31. The third kappa shape index (κ3) is 4.36. The van der Waals surface area contributed by atoms with Crippen molar-refractivity contribution in [1.29, 1.82) is 0 Å². The number of ether oxygens (including phenoxy) is 3. The summed E-state index contributed by atoms with van der Waals surface area (Å²) in [5.74, 6) is 0.448. The van der Waals surface area contributed by atoms with Gasteiger partial charge in [0.05, 0.1) is 30.4 Å². The van der Waals surface area contributed by atoms with Gasteiger partial charge in [-0.05, 0) is 36.4 Å². The minimum Gasteiger partial charge on any atom is -0.495 e. The first-order valence-corrected chi connectivity index (χ1v) is 9.26. The molecule has 0 saturated heterocycles. The summed E-state index contributed by atoms with van der Waals surface area (Å²) in [5.41, 5.74) is -0.634. The zero-order valence-electron chi connectivity index (χ0n) is 16.6. The van der Waals surface area contributed by atoms with E-state index in [0.29, 0.717) is 22.8 Å². The van der Waals surface area contributed by atoms with Gasteiger partial charge < -0.3 is 19.5 Å². The van der Waals surface area contributed by atoms with Gasteiger partial charge in [-0.25, -0.2) is 4.98 Å². The molecule has 0 atom stereocenters. The van der Waals surface area contributed by atoms with Crippen molar-refractivity contribution in [2.24, 2.45) is 0 Å². The number of aromatic nitrogens is 2. The van der Waals surface area contributed by atoms with Crippen molar-refractivity contribution in [1.82, 2.24) is 9.55 Å². The Morgan fingerprint density at radius 1 is 1.16 bits per heavy atom. The molecule has 0 fully saturated rings. The highest BCUT2D eigenvalue weighted by Gasteiger charge is 2.31. The molecule has 32 heavy (non-hydrogen) atoms. The van der Waals surface area contributed by atoms with E-state index >= 15 is 0 Å². The predicted molar refractivity (Wildman–Crippen MR) is 107 cm³/mol. The standard InChI is InChI=1S/C21H16F3N3O5/c1-30-16-5-3-13(21(22,23)24)7-15(16)26-19(28)9-27-10-25-14(8-20(27)29)12-2-4-17-18(6-12)32-11-31-17/h2-8,10H,9,11H2,1H3,(H,26,28). The van der Waals surface area contributed by atoms with E-state index in [4.69, 9.17) is 14.2 Å². The molecule has 1 aliphatic heterocycles. The Balaban J connectivity index is 1.51. The second-order valence-electron chi connectivity index (χ2n) is 6.77. The van der Waals surface area contributed by atoms with Gasteiger partial charge in [-0.3, -0.25) is 14.2 Å². The number of nitrogens with zero attached hydrogens (tertiary/aromatic N) is 2. The molecule has 166 valence electrons. The Hall–Kier alpha value is -4.02. The highest BCUT2D eigenvalue weighted by Crippen LogP contribution is 2.36. The highest BCUT2D eigenvalue weighted by atomic mass is 19.4. The average molecular weight is 447 g/mol. The van der Waals surface area contributed by atoms with Crippen LogP contribution in [0.4, 0.5) is 18.9 Å². The van der Waals surface area contributed by atoms with Crippen LogP contribution >= 0.6 is 0 Å². The Bertz CT molecular complexity index is 1240. The summed E-state index contributed by atoms with van der Waals surface area (Å²) < 4.78 is 55.5. The summed E-state index contributed by atoms with van der Waals surface area (Å²) in [6, 6.07) is 9.05. The second kappa shape index (κ2) is 8.25. The van der Waals surface area contributed by atoms with Crippen LogP contribution in [0.15, 0.2) is 53.6 Å². The zero-order valence-corrected chi connectivity index (χ0v) is 16.6. The quantitative estimate of drug-likeness (QED) is 0.646. The third-order valence-corrected chi connectivity index (χ3v) is 4.66. The topological polar surface area (TPSA) is 91.7 Å². The van der Waals surface area contributed by atoms with Crippen LogP contribution in [0.1, 0.15) is 5.56 Å². The van der Waals surface area contributed by atoms with Crippen molar-refractivity contribution < 1.29 is 32.2 Å². The first-order valence-electron chi connectivity index (χ1n) is 9.26. The molecular weight excluding hydrogens is 431 g/mol. The van der Waals surface area contributed by atoms with E-state index in [2.05, 4.69) is 10.3 Å². The van der Waals surface area contributed by atoms with Crippen molar-refractivity contribution in [3.05, 3.63) is 64.7 Å². The number of benzene rings is 2. The van der Waals surface area contributed by atoms with Crippen LogP contribution in [0.3, 0.4) is 0 Å². The van der Waals surface area contributed by atoms with Crippen LogP contribution in [0.2, 0.25) is 0 Å². The molecule has 1 aliphatic rings. The van der Waals surface area contributed by atoms with Gasteiger partial charge in [0.2, 0.25) is 12.7 Å². The van der Waals surface area contributed by atoms with E-state index < -0.39 is 29.8 Å². The Morgan fingerprint density at radius 2 is 1.94 bits per heavy atom. The number of hydrogen-bond acceptors (Lipinski definition) is 6. The number of anilines is 1. The van der Waals surface area contributed by atoms with Crippen LogP contribution in [0, 0.1) is 0 Å². The maximum Gasteiger partial charge on any atom is 0.416 e. The van der Waals surface area contributed by atoms with E-state index in [0.717, 1.165) is 22.8 Å². The zero-order chi connectivity index (χ0) is 22.9. The summed E-state index contributed by atoms with van der Waals surface area (Å²) in [7, 11) is 1.27. The van der Waals surface area contributed by atoms with Crippen LogP contribution in [-0.4, -0.2) is 29.4 Å². The van der Waals surface area contributed by atoms with E-state index in [-0.39, 0.29) is 18.2 Å². The molecule has 0 unspecified atom stereocenters. The van der Waals surface area contributed by atoms with Crippen molar-refractivity contribution in [3.8, 4) is 28.5 Å². The molecule has 1 aromatic heterocycles. The summed E-state index contributed by atoms with van der Waals surface area (Å²) >= 11 is 0. The molecule has 0 bridgehead atoms. The van der Waals surface area contributed by atoms with E-state index in [1.165, 1.54) is 19.5 Å². The molecule has 2 heterocycles. The number of methoxy groups -OCH3 is 1. The number of carbonyl (C=O) groups excluding carboxylic acids is 1. The van der Waals surface area contributed by atoms with Gasteiger partial charge in [0, 0.05) is 11.6 Å². The van der Waals surface area contributed by atoms with Crippen LogP contribution < -0.4 is 25.1 Å². The molecule has 11 heteroatoms.